The van der Waals surface area contributed by atoms with Crippen LogP contribution in [0.1, 0.15) is 13.8 Å². The van der Waals surface area contributed by atoms with Gasteiger partial charge in [-0.15, -0.1) is 0 Å². The maximum Gasteiger partial charge on any atom is 0.122 e. The molecule has 0 aliphatic heterocycles. The van der Waals surface area contributed by atoms with Gasteiger partial charge in [0.2, 0.25) is 0 Å². The number of methoxy groups -OCH3 is 1. The Bertz CT molecular complexity index is 312. The molecule has 18 heavy (non-hydrogen) atoms. The first-order valence-electron chi connectivity index (χ1n) is 5.91. The van der Waals surface area contributed by atoms with E-state index in [0.29, 0.717) is 18.8 Å². The number of likely N-dealkylation sites (N-methyl/N-ethyl adjacent to an activating group) is 1. The number of nitrogens with one attached hydrogen (secondary N) is 1. The van der Waals surface area contributed by atoms with E-state index in [4.69, 9.17) is 10.5 Å². The fourth-order valence-electron chi connectivity index (χ4n) is 1.44. The maximum absolute atomic E-state index is 5.92. The van der Waals surface area contributed by atoms with Crippen LogP contribution in [-0.4, -0.2) is 57.5 Å². The van der Waals surface area contributed by atoms with Crippen molar-refractivity contribution >= 4 is 12.1 Å². The van der Waals surface area contributed by atoms with Gasteiger partial charge in [-0.3, -0.25) is 10.0 Å². The topological polar surface area (TPSA) is 75.2 Å². The molecule has 0 saturated carbocycles. The SMILES string of the molecule is C/C=N\N(C)C/C(N)=C/C(=NC)N[C@H](C)COC. The van der Waals surface area contributed by atoms with Crippen LogP contribution in [0, 0.1) is 0 Å². The normalized spacial score (nSPS) is 14.9. The van der Waals surface area contributed by atoms with E-state index in [0.717, 1.165) is 5.84 Å². The number of hydrazone groups is 1. The summed E-state index contributed by atoms with van der Waals surface area (Å²) < 4.78 is 5.05. The first-order chi connectivity index (χ1) is 8.53. The van der Waals surface area contributed by atoms with Crippen molar-refractivity contribution < 1.29 is 4.74 Å². The van der Waals surface area contributed by atoms with E-state index in [2.05, 4.69) is 15.4 Å². The monoisotopic (exact) mass is 255 g/mol. The largest absolute Gasteiger partial charge is 0.400 e. The molecule has 0 amide bonds. The smallest absolute Gasteiger partial charge is 0.122 e. The zero-order valence-corrected chi connectivity index (χ0v) is 12.0. The van der Waals surface area contributed by atoms with Crippen molar-refractivity contribution in [3.63, 3.8) is 0 Å². The number of amidine groups is 1. The molecule has 0 aliphatic rings. The molecule has 6 heteroatoms. The summed E-state index contributed by atoms with van der Waals surface area (Å²) in [6.07, 6.45) is 3.54. The Morgan fingerprint density at radius 1 is 1.56 bits per heavy atom. The molecular weight excluding hydrogens is 230 g/mol. The predicted octanol–water partition coefficient (Wildman–Crippen LogP) is 0.419. The summed E-state index contributed by atoms with van der Waals surface area (Å²) in [5.41, 5.74) is 6.62. The van der Waals surface area contributed by atoms with Gasteiger partial charge < -0.3 is 15.8 Å². The highest BCUT2D eigenvalue weighted by Gasteiger charge is 2.04. The summed E-state index contributed by atoms with van der Waals surface area (Å²) in [6, 6.07) is 0.184. The quantitative estimate of drug-likeness (QED) is 0.393. The fraction of sp³-hybridized carbons (Fsp3) is 0.667. The Morgan fingerprint density at radius 2 is 2.22 bits per heavy atom. The number of hydrogen-bond donors (Lipinski definition) is 2. The molecule has 0 aliphatic carbocycles. The van der Waals surface area contributed by atoms with Gasteiger partial charge >= 0.3 is 0 Å². The van der Waals surface area contributed by atoms with Crippen LogP contribution in [0.25, 0.3) is 0 Å². The Balaban J connectivity index is 4.41. The van der Waals surface area contributed by atoms with E-state index >= 15 is 0 Å². The minimum atomic E-state index is 0.184. The third kappa shape index (κ3) is 7.67. The maximum atomic E-state index is 5.92. The number of aliphatic imine (C=N–C) groups is 1. The molecule has 0 rings (SSSR count). The average Bonchev–Trinajstić information content (AvgIpc) is 2.28. The summed E-state index contributed by atoms with van der Waals surface area (Å²) >= 11 is 0. The molecule has 3 N–H and O–H groups in total. The van der Waals surface area contributed by atoms with Crippen molar-refractivity contribution in [2.75, 3.05) is 34.4 Å². The van der Waals surface area contributed by atoms with E-state index in [1.54, 1.807) is 25.4 Å². The molecule has 1 atom stereocenters. The van der Waals surface area contributed by atoms with Crippen molar-refractivity contribution in [3.8, 4) is 0 Å². The van der Waals surface area contributed by atoms with Gasteiger partial charge in [-0.2, -0.15) is 5.10 Å². The van der Waals surface area contributed by atoms with Gasteiger partial charge in [-0.25, -0.2) is 0 Å². The minimum Gasteiger partial charge on any atom is -0.400 e. The average molecular weight is 255 g/mol. The molecule has 104 valence electrons. The van der Waals surface area contributed by atoms with E-state index in [1.165, 1.54) is 0 Å². The standard InChI is InChI=1S/C12H25N5O/c1-6-15-17(4)8-11(13)7-12(14-3)16-10(2)9-18-5/h6-7,10H,8-9,13H2,1-5H3,(H,14,16)/b11-7-,15-6-/t10-/m1/s1. The van der Waals surface area contributed by atoms with Crippen LogP contribution >= 0.6 is 0 Å². The fourth-order valence-corrected chi connectivity index (χ4v) is 1.44. The van der Waals surface area contributed by atoms with Crippen molar-refractivity contribution in [1.29, 1.82) is 0 Å². The third-order valence-corrected chi connectivity index (χ3v) is 2.10. The molecule has 0 aromatic rings. The Labute approximate surface area is 110 Å². The molecule has 0 fully saturated rings. The third-order valence-electron chi connectivity index (χ3n) is 2.10. The number of nitrogens with zero attached hydrogens (tertiary/aromatic N) is 3. The minimum absolute atomic E-state index is 0.184. The molecule has 6 nitrogen and oxygen atoms in total. The summed E-state index contributed by atoms with van der Waals surface area (Å²) in [5.74, 6) is 0.742. The Hall–Kier alpha value is -1.56. The second kappa shape index (κ2) is 9.47. The van der Waals surface area contributed by atoms with Gasteiger partial charge in [0.05, 0.1) is 13.2 Å². The number of ether oxygens (including phenoxy) is 1. The van der Waals surface area contributed by atoms with Crippen molar-refractivity contribution in [1.82, 2.24) is 10.3 Å². The summed E-state index contributed by atoms with van der Waals surface area (Å²) in [6.45, 7) is 5.06. The van der Waals surface area contributed by atoms with Crippen molar-refractivity contribution in [2.45, 2.75) is 19.9 Å². The van der Waals surface area contributed by atoms with Crippen LogP contribution in [0.4, 0.5) is 0 Å². The molecule has 0 aromatic carbocycles. The molecule has 0 bridgehead atoms. The zero-order chi connectivity index (χ0) is 14.0. The Kier molecular flexibility index (Phi) is 8.65. The van der Waals surface area contributed by atoms with Gasteiger partial charge in [-0.1, -0.05) is 0 Å². The second-order valence-electron chi connectivity index (χ2n) is 4.02. The lowest BCUT2D eigenvalue weighted by molar-refractivity contribution is 0.179. The highest BCUT2D eigenvalue weighted by molar-refractivity contribution is 5.93. The van der Waals surface area contributed by atoms with Crippen LogP contribution in [0.3, 0.4) is 0 Å². The first kappa shape index (κ1) is 16.4. The lowest BCUT2D eigenvalue weighted by atomic mass is 10.3. The van der Waals surface area contributed by atoms with Gasteiger partial charge in [0.1, 0.15) is 5.84 Å². The van der Waals surface area contributed by atoms with E-state index in [-0.39, 0.29) is 6.04 Å². The first-order valence-corrected chi connectivity index (χ1v) is 5.91. The van der Waals surface area contributed by atoms with Crippen LogP contribution < -0.4 is 11.1 Å². The van der Waals surface area contributed by atoms with Gasteiger partial charge in [-0.05, 0) is 13.8 Å². The molecule has 0 saturated heterocycles. The molecule has 0 heterocycles. The second-order valence-corrected chi connectivity index (χ2v) is 4.02. The molecule has 0 aromatic heterocycles. The van der Waals surface area contributed by atoms with Crippen LogP contribution in [-0.2, 0) is 4.74 Å². The summed E-state index contributed by atoms with van der Waals surface area (Å²) in [7, 11) is 5.26. The van der Waals surface area contributed by atoms with E-state index < -0.39 is 0 Å². The van der Waals surface area contributed by atoms with Crippen molar-refractivity contribution in [2.24, 2.45) is 15.8 Å². The lowest BCUT2D eigenvalue weighted by Crippen LogP contribution is -2.35. The van der Waals surface area contributed by atoms with E-state index in [9.17, 15) is 0 Å². The molecule has 0 spiro atoms. The number of hydrogen-bond acceptors (Lipinski definition) is 5. The van der Waals surface area contributed by atoms with Crippen LogP contribution in [0.5, 0.6) is 0 Å². The lowest BCUT2D eigenvalue weighted by Gasteiger charge is -2.16. The highest BCUT2D eigenvalue weighted by atomic mass is 16.5. The van der Waals surface area contributed by atoms with Gasteiger partial charge in [0, 0.05) is 45.2 Å². The summed E-state index contributed by atoms with van der Waals surface area (Å²) in [4.78, 5) is 4.14. The predicted molar refractivity (Wildman–Crippen MR) is 76.9 cm³/mol. The van der Waals surface area contributed by atoms with Gasteiger partial charge in [0.15, 0.2) is 0 Å². The molecule has 0 unspecified atom stereocenters. The summed E-state index contributed by atoms with van der Waals surface area (Å²) in [5, 5.41) is 9.07. The number of rotatable bonds is 7. The van der Waals surface area contributed by atoms with Crippen molar-refractivity contribution in [3.05, 3.63) is 11.8 Å². The zero-order valence-electron chi connectivity index (χ0n) is 12.0. The Morgan fingerprint density at radius 3 is 2.72 bits per heavy atom. The van der Waals surface area contributed by atoms with Crippen LogP contribution in [0.15, 0.2) is 21.9 Å². The number of nitrogens with two attached hydrogens (primary N) is 1. The highest BCUT2D eigenvalue weighted by Crippen LogP contribution is 1.93. The van der Waals surface area contributed by atoms with E-state index in [1.807, 2.05) is 27.0 Å². The molecule has 0 radical (unpaired) electrons. The van der Waals surface area contributed by atoms with Crippen LogP contribution in [0.2, 0.25) is 0 Å². The van der Waals surface area contributed by atoms with Gasteiger partial charge in [0.25, 0.3) is 0 Å². The molecular formula is C12H25N5O.